The lowest BCUT2D eigenvalue weighted by Gasteiger charge is -2.22. The fourth-order valence-electron chi connectivity index (χ4n) is 3.35. The Morgan fingerprint density at radius 2 is 2.04 bits per heavy atom. The number of aromatic nitrogens is 2. The van der Waals surface area contributed by atoms with Crippen molar-refractivity contribution in [3.63, 3.8) is 0 Å². The van der Waals surface area contributed by atoms with E-state index < -0.39 is 0 Å². The molecule has 1 amide bonds. The number of benzene rings is 2. The minimum absolute atomic E-state index is 0.0953. The van der Waals surface area contributed by atoms with E-state index in [1.807, 2.05) is 55.5 Å². The van der Waals surface area contributed by atoms with Crippen molar-refractivity contribution in [2.45, 2.75) is 32.4 Å². The van der Waals surface area contributed by atoms with Crippen molar-refractivity contribution in [2.24, 2.45) is 0 Å². The average molecular weight is 363 g/mol. The molecule has 0 radical (unpaired) electrons. The van der Waals surface area contributed by atoms with Gasteiger partial charge in [-0.3, -0.25) is 4.79 Å². The number of ether oxygens (including phenoxy) is 1. The number of amides is 1. The highest BCUT2D eigenvalue weighted by Gasteiger charge is 2.36. The summed E-state index contributed by atoms with van der Waals surface area (Å²) < 4.78 is 10.8. The Labute approximate surface area is 157 Å². The van der Waals surface area contributed by atoms with Crippen molar-refractivity contribution < 1.29 is 14.1 Å². The first kappa shape index (κ1) is 17.3. The van der Waals surface area contributed by atoms with Crippen LogP contribution in [0.15, 0.2) is 53.1 Å². The molecule has 1 aliphatic rings. The summed E-state index contributed by atoms with van der Waals surface area (Å²) in [5.74, 6) is 1.90. The SMILES string of the molecule is COc1cccc(CN2C(=O)CCC2c2nc(-c3ccc(C)cc3)no2)c1. The van der Waals surface area contributed by atoms with E-state index in [-0.39, 0.29) is 11.9 Å². The highest BCUT2D eigenvalue weighted by atomic mass is 16.5. The lowest BCUT2D eigenvalue weighted by molar-refractivity contribution is -0.130. The van der Waals surface area contributed by atoms with Crippen LogP contribution in [-0.2, 0) is 11.3 Å². The maximum Gasteiger partial charge on any atom is 0.249 e. The molecule has 1 unspecified atom stereocenters. The van der Waals surface area contributed by atoms with Crippen molar-refractivity contribution in [3.05, 3.63) is 65.5 Å². The molecule has 3 aromatic rings. The molecule has 6 heteroatoms. The van der Waals surface area contributed by atoms with Crippen LogP contribution in [0.3, 0.4) is 0 Å². The Morgan fingerprint density at radius 1 is 1.22 bits per heavy atom. The molecule has 2 heterocycles. The van der Waals surface area contributed by atoms with Crippen LogP contribution >= 0.6 is 0 Å². The first-order valence-electron chi connectivity index (χ1n) is 8.97. The lowest BCUT2D eigenvalue weighted by Crippen LogP contribution is -2.27. The largest absolute Gasteiger partial charge is 0.497 e. The number of likely N-dealkylation sites (tertiary alicyclic amines) is 1. The van der Waals surface area contributed by atoms with Crippen molar-refractivity contribution in [1.82, 2.24) is 15.0 Å². The monoisotopic (exact) mass is 363 g/mol. The lowest BCUT2D eigenvalue weighted by atomic mass is 10.1. The smallest absolute Gasteiger partial charge is 0.249 e. The summed E-state index contributed by atoms with van der Waals surface area (Å²) in [5.41, 5.74) is 3.08. The van der Waals surface area contributed by atoms with Gasteiger partial charge in [0.2, 0.25) is 17.6 Å². The van der Waals surface area contributed by atoms with Gasteiger partial charge in [-0.15, -0.1) is 0 Å². The fourth-order valence-corrected chi connectivity index (χ4v) is 3.35. The number of carbonyl (C=O) groups is 1. The second-order valence-electron chi connectivity index (χ2n) is 6.75. The Morgan fingerprint density at radius 3 is 2.81 bits per heavy atom. The summed E-state index contributed by atoms with van der Waals surface area (Å²) in [6.07, 6.45) is 1.16. The summed E-state index contributed by atoms with van der Waals surface area (Å²) in [4.78, 5) is 18.8. The van der Waals surface area contributed by atoms with Crippen LogP contribution in [0.1, 0.15) is 35.9 Å². The van der Waals surface area contributed by atoms with E-state index in [2.05, 4.69) is 10.1 Å². The summed E-state index contributed by atoms with van der Waals surface area (Å²) in [6.45, 7) is 2.52. The van der Waals surface area contributed by atoms with E-state index in [1.165, 1.54) is 5.56 Å². The van der Waals surface area contributed by atoms with Crippen LogP contribution < -0.4 is 4.74 Å². The second-order valence-corrected chi connectivity index (χ2v) is 6.75. The zero-order valence-corrected chi connectivity index (χ0v) is 15.4. The van der Waals surface area contributed by atoms with Crippen molar-refractivity contribution in [2.75, 3.05) is 7.11 Å². The fraction of sp³-hybridized carbons (Fsp3) is 0.286. The molecule has 6 nitrogen and oxygen atoms in total. The Bertz CT molecular complexity index is 949. The molecule has 1 aliphatic heterocycles. The normalized spacial score (nSPS) is 16.7. The van der Waals surface area contributed by atoms with E-state index in [1.54, 1.807) is 12.0 Å². The molecule has 0 aliphatic carbocycles. The van der Waals surface area contributed by atoms with Gasteiger partial charge in [0.25, 0.3) is 0 Å². The maximum absolute atomic E-state index is 12.4. The van der Waals surface area contributed by atoms with E-state index in [9.17, 15) is 4.79 Å². The van der Waals surface area contributed by atoms with Crippen LogP contribution in [0.4, 0.5) is 0 Å². The van der Waals surface area contributed by atoms with Crippen molar-refractivity contribution >= 4 is 5.91 Å². The number of carbonyl (C=O) groups excluding carboxylic acids is 1. The molecule has 1 saturated heterocycles. The van der Waals surface area contributed by atoms with Gasteiger partial charge in [-0.05, 0) is 31.0 Å². The highest BCUT2D eigenvalue weighted by molar-refractivity contribution is 5.78. The Kier molecular flexibility index (Phi) is 4.62. The Hall–Kier alpha value is -3.15. The van der Waals surface area contributed by atoms with Gasteiger partial charge in [-0.2, -0.15) is 4.98 Å². The molecule has 0 N–H and O–H groups in total. The Balaban J connectivity index is 1.57. The molecule has 1 atom stereocenters. The summed E-state index contributed by atoms with van der Waals surface area (Å²) in [7, 11) is 1.63. The van der Waals surface area contributed by atoms with Crippen LogP contribution in [0.5, 0.6) is 5.75 Å². The topological polar surface area (TPSA) is 68.5 Å². The zero-order valence-electron chi connectivity index (χ0n) is 15.4. The summed E-state index contributed by atoms with van der Waals surface area (Å²) in [5, 5.41) is 4.11. The molecule has 27 heavy (non-hydrogen) atoms. The molecule has 1 aromatic heterocycles. The number of aryl methyl sites for hydroxylation is 1. The molecular weight excluding hydrogens is 342 g/mol. The quantitative estimate of drug-likeness (QED) is 0.687. The van der Waals surface area contributed by atoms with Crippen LogP contribution in [0.25, 0.3) is 11.4 Å². The first-order valence-corrected chi connectivity index (χ1v) is 8.97. The van der Waals surface area contributed by atoms with Gasteiger partial charge in [0.15, 0.2) is 0 Å². The van der Waals surface area contributed by atoms with E-state index in [0.717, 1.165) is 16.9 Å². The molecular formula is C21H21N3O3. The van der Waals surface area contributed by atoms with Crippen molar-refractivity contribution in [3.8, 4) is 17.1 Å². The molecule has 0 saturated carbocycles. The second kappa shape index (κ2) is 7.23. The van der Waals surface area contributed by atoms with Crippen LogP contribution in [0, 0.1) is 6.92 Å². The van der Waals surface area contributed by atoms with E-state index in [4.69, 9.17) is 9.26 Å². The zero-order chi connectivity index (χ0) is 18.8. The van der Waals surface area contributed by atoms with Crippen LogP contribution in [0.2, 0.25) is 0 Å². The van der Waals surface area contributed by atoms with Crippen LogP contribution in [-0.4, -0.2) is 28.1 Å². The number of nitrogens with zero attached hydrogens (tertiary/aromatic N) is 3. The third-order valence-electron chi connectivity index (χ3n) is 4.85. The van der Waals surface area contributed by atoms with Gasteiger partial charge in [0.05, 0.1) is 7.11 Å². The molecule has 1 fully saturated rings. The van der Waals surface area contributed by atoms with Gasteiger partial charge >= 0.3 is 0 Å². The van der Waals surface area contributed by atoms with E-state index in [0.29, 0.717) is 31.1 Å². The minimum atomic E-state index is -0.199. The molecule has 4 rings (SSSR count). The van der Waals surface area contributed by atoms with Gasteiger partial charge in [0, 0.05) is 18.5 Å². The molecule has 0 spiro atoms. The van der Waals surface area contributed by atoms with Gasteiger partial charge in [-0.1, -0.05) is 47.1 Å². The highest BCUT2D eigenvalue weighted by Crippen LogP contribution is 2.34. The van der Waals surface area contributed by atoms with Gasteiger partial charge in [0.1, 0.15) is 11.8 Å². The predicted molar refractivity (Wildman–Crippen MR) is 100.0 cm³/mol. The number of methoxy groups -OCH3 is 1. The first-order chi connectivity index (χ1) is 13.1. The van der Waals surface area contributed by atoms with Crippen molar-refractivity contribution in [1.29, 1.82) is 0 Å². The summed E-state index contributed by atoms with van der Waals surface area (Å²) >= 11 is 0. The van der Waals surface area contributed by atoms with Gasteiger partial charge < -0.3 is 14.2 Å². The third kappa shape index (κ3) is 3.56. The standard InChI is InChI=1S/C21H21N3O3/c1-14-6-8-16(9-7-14)20-22-21(27-23-20)18-10-11-19(25)24(18)13-15-4-3-5-17(12-15)26-2/h3-9,12,18H,10-11,13H2,1-2H3. The molecule has 2 aromatic carbocycles. The third-order valence-corrected chi connectivity index (χ3v) is 4.85. The van der Waals surface area contributed by atoms with Gasteiger partial charge in [-0.25, -0.2) is 0 Å². The number of hydrogen-bond donors (Lipinski definition) is 0. The maximum atomic E-state index is 12.4. The van der Waals surface area contributed by atoms with E-state index >= 15 is 0 Å². The average Bonchev–Trinajstić information content (AvgIpc) is 3.30. The molecule has 0 bridgehead atoms. The number of hydrogen-bond acceptors (Lipinski definition) is 5. The number of rotatable bonds is 5. The molecule has 138 valence electrons. The summed E-state index contributed by atoms with van der Waals surface area (Å²) in [6, 6.07) is 15.5. The predicted octanol–water partition coefficient (Wildman–Crippen LogP) is 3.92. The minimum Gasteiger partial charge on any atom is -0.497 e.